The normalized spacial score (nSPS) is 15.1. The van der Waals surface area contributed by atoms with Crippen molar-refractivity contribution in [3.63, 3.8) is 0 Å². The van der Waals surface area contributed by atoms with Crippen LogP contribution in [0.4, 0.5) is 11.4 Å². The topological polar surface area (TPSA) is 98.8 Å². The third kappa shape index (κ3) is 7.84. The van der Waals surface area contributed by atoms with Gasteiger partial charge in [-0.25, -0.2) is 0 Å². The van der Waals surface area contributed by atoms with Gasteiger partial charge < -0.3 is 20.4 Å². The molecule has 8 heteroatoms. The van der Waals surface area contributed by atoms with E-state index in [2.05, 4.69) is 10.6 Å². The van der Waals surface area contributed by atoms with Crippen LogP contribution in [0.5, 0.6) is 0 Å². The molecule has 0 aromatic heterocycles. The van der Waals surface area contributed by atoms with E-state index in [9.17, 15) is 19.2 Å². The van der Waals surface area contributed by atoms with Crippen molar-refractivity contribution in [2.24, 2.45) is 11.8 Å². The van der Waals surface area contributed by atoms with Gasteiger partial charge in [0.2, 0.25) is 17.7 Å². The summed E-state index contributed by atoms with van der Waals surface area (Å²) in [6.07, 6.45) is 4.34. The number of amides is 4. The second-order valence-corrected chi connectivity index (χ2v) is 11.3. The molecule has 0 radical (unpaired) electrons. The molecule has 0 bridgehead atoms. The number of anilines is 2. The molecule has 42 heavy (non-hydrogen) atoms. The van der Waals surface area contributed by atoms with Crippen molar-refractivity contribution < 1.29 is 19.2 Å². The first-order valence-corrected chi connectivity index (χ1v) is 14.7. The molecule has 1 aliphatic carbocycles. The molecule has 3 aromatic carbocycles. The molecule has 1 aliphatic heterocycles. The van der Waals surface area contributed by atoms with Gasteiger partial charge in [0, 0.05) is 55.5 Å². The molecule has 1 saturated carbocycles. The Morgan fingerprint density at radius 3 is 2.00 bits per heavy atom. The second-order valence-electron chi connectivity index (χ2n) is 11.3. The predicted molar refractivity (Wildman–Crippen MR) is 163 cm³/mol. The van der Waals surface area contributed by atoms with Crippen molar-refractivity contribution in [2.45, 2.75) is 38.5 Å². The summed E-state index contributed by atoms with van der Waals surface area (Å²) in [5.41, 5.74) is 3.89. The largest absolute Gasteiger partial charge is 0.342 e. The summed E-state index contributed by atoms with van der Waals surface area (Å²) < 4.78 is 0. The molecule has 0 atom stereocenters. The fraction of sp³-hybridized carbons (Fsp3) is 0.353. The maximum Gasteiger partial charge on any atom is 0.253 e. The van der Waals surface area contributed by atoms with Crippen LogP contribution in [-0.4, -0.2) is 60.1 Å². The van der Waals surface area contributed by atoms with E-state index in [0.717, 1.165) is 24.8 Å². The molecule has 0 spiro atoms. The number of nitrogens with one attached hydrogen (secondary N) is 2. The fourth-order valence-electron chi connectivity index (χ4n) is 5.25. The SMILES string of the molecule is CN(CCc1ccccc1)C(=O)c1ccc(NC(=O)Cc2ccc(NC(=O)C3CCN(C(=O)C4CC4)CC3)cc2)cc1. The number of likely N-dealkylation sites (N-methyl/N-ethyl adjacent to an activating group) is 1. The quantitative estimate of drug-likeness (QED) is 0.369. The zero-order valence-electron chi connectivity index (χ0n) is 24.1. The summed E-state index contributed by atoms with van der Waals surface area (Å²) in [6, 6.07) is 24.3. The molecule has 2 N–H and O–H groups in total. The molecule has 2 fully saturated rings. The monoisotopic (exact) mass is 566 g/mol. The number of likely N-dealkylation sites (tertiary alicyclic amines) is 1. The van der Waals surface area contributed by atoms with E-state index >= 15 is 0 Å². The van der Waals surface area contributed by atoms with Crippen molar-refractivity contribution >= 4 is 35.0 Å². The van der Waals surface area contributed by atoms with E-state index in [4.69, 9.17) is 0 Å². The molecule has 1 heterocycles. The predicted octanol–water partition coefficient (Wildman–Crippen LogP) is 4.77. The lowest BCUT2D eigenvalue weighted by Gasteiger charge is -2.31. The number of nitrogens with zero attached hydrogens (tertiary/aromatic N) is 2. The molecule has 5 rings (SSSR count). The summed E-state index contributed by atoms with van der Waals surface area (Å²) in [6.45, 7) is 1.91. The third-order valence-electron chi connectivity index (χ3n) is 8.03. The Morgan fingerprint density at radius 2 is 1.36 bits per heavy atom. The zero-order chi connectivity index (χ0) is 29.5. The minimum Gasteiger partial charge on any atom is -0.342 e. The van der Waals surface area contributed by atoms with Gasteiger partial charge in [-0.05, 0) is 79.6 Å². The van der Waals surface area contributed by atoms with Gasteiger partial charge in [0.15, 0.2) is 0 Å². The standard InChI is InChI=1S/C34H38N4O4/c1-37(20-17-24-5-3-2-4-6-24)33(41)27-11-15-29(16-12-27)35-31(39)23-25-7-13-30(14-8-25)36-32(40)26-18-21-38(22-19-26)34(42)28-9-10-28/h2-8,11-16,26,28H,9-10,17-23H2,1H3,(H,35,39)(H,36,40). The highest BCUT2D eigenvalue weighted by Gasteiger charge is 2.36. The first kappa shape index (κ1) is 29.0. The Hall–Kier alpha value is -4.46. The average molecular weight is 567 g/mol. The summed E-state index contributed by atoms with van der Waals surface area (Å²) in [5, 5.41) is 5.86. The number of rotatable bonds is 10. The van der Waals surface area contributed by atoms with Gasteiger partial charge in [0.05, 0.1) is 6.42 Å². The van der Waals surface area contributed by atoms with Crippen LogP contribution in [0.2, 0.25) is 0 Å². The molecular formula is C34H38N4O4. The molecular weight excluding hydrogens is 528 g/mol. The highest BCUT2D eigenvalue weighted by atomic mass is 16.2. The number of carbonyl (C=O) groups is 4. The van der Waals surface area contributed by atoms with Crippen molar-refractivity contribution in [3.05, 3.63) is 95.6 Å². The molecule has 0 unspecified atom stereocenters. The molecule has 8 nitrogen and oxygen atoms in total. The van der Waals surface area contributed by atoms with E-state index in [-0.39, 0.29) is 41.9 Å². The Bertz CT molecular complexity index is 1390. The van der Waals surface area contributed by atoms with Gasteiger partial charge in [-0.3, -0.25) is 19.2 Å². The van der Waals surface area contributed by atoms with Crippen LogP contribution in [0.3, 0.4) is 0 Å². The Balaban J connectivity index is 1.04. The lowest BCUT2D eigenvalue weighted by atomic mass is 9.95. The van der Waals surface area contributed by atoms with Crippen LogP contribution in [0, 0.1) is 11.8 Å². The third-order valence-corrected chi connectivity index (χ3v) is 8.03. The fourth-order valence-corrected chi connectivity index (χ4v) is 5.25. The minimum atomic E-state index is -0.168. The summed E-state index contributed by atoms with van der Waals surface area (Å²) in [5.74, 6) is 0.107. The van der Waals surface area contributed by atoms with Crippen molar-refractivity contribution in [1.29, 1.82) is 0 Å². The Labute approximate surface area is 247 Å². The van der Waals surface area contributed by atoms with Gasteiger partial charge in [0.1, 0.15) is 0 Å². The summed E-state index contributed by atoms with van der Waals surface area (Å²) >= 11 is 0. The van der Waals surface area contributed by atoms with Crippen LogP contribution in [-0.2, 0) is 27.2 Å². The van der Waals surface area contributed by atoms with Crippen LogP contribution in [0.25, 0.3) is 0 Å². The maximum absolute atomic E-state index is 12.8. The molecule has 3 aromatic rings. The second kappa shape index (κ2) is 13.5. The van der Waals surface area contributed by atoms with E-state index in [1.807, 2.05) is 47.4 Å². The van der Waals surface area contributed by atoms with Gasteiger partial charge in [-0.2, -0.15) is 0 Å². The minimum absolute atomic E-state index is 0.0247. The first-order chi connectivity index (χ1) is 20.4. The van der Waals surface area contributed by atoms with Crippen LogP contribution in [0.15, 0.2) is 78.9 Å². The van der Waals surface area contributed by atoms with Crippen LogP contribution >= 0.6 is 0 Å². The first-order valence-electron chi connectivity index (χ1n) is 14.7. The van der Waals surface area contributed by atoms with Gasteiger partial charge in [-0.15, -0.1) is 0 Å². The average Bonchev–Trinajstić information content (AvgIpc) is 3.87. The molecule has 218 valence electrons. The molecule has 2 aliphatic rings. The highest BCUT2D eigenvalue weighted by Crippen LogP contribution is 2.32. The summed E-state index contributed by atoms with van der Waals surface area (Å²) in [7, 11) is 1.79. The van der Waals surface area contributed by atoms with E-state index in [1.54, 1.807) is 48.3 Å². The van der Waals surface area contributed by atoms with E-state index in [1.165, 1.54) is 5.56 Å². The number of hydrogen-bond acceptors (Lipinski definition) is 4. The number of carbonyl (C=O) groups excluding carboxylic acids is 4. The number of hydrogen-bond donors (Lipinski definition) is 2. The van der Waals surface area contributed by atoms with Crippen LogP contribution < -0.4 is 10.6 Å². The molecule has 1 saturated heterocycles. The van der Waals surface area contributed by atoms with Gasteiger partial charge in [-0.1, -0.05) is 42.5 Å². The Morgan fingerprint density at radius 1 is 0.738 bits per heavy atom. The number of piperidine rings is 1. The number of benzene rings is 3. The maximum atomic E-state index is 12.8. The lowest BCUT2D eigenvalue weighted by molar-refractivity contribution is -0.135. The lowest BCUT2D eigenvalue weighted by Crippen LogP contribution is -2.42. The van der Waals surface area contributed by atoms with E-state index < -0.39 is 0 Å². The smallest absolute Gasteiger partial charge is 0.253 e. The Kier molecular flexibility index (Phi) is 9.31. The van der Waals surface area contributed by atoms with E-state index in [0.29, 0.717) is 49.4 Å². The zero-order valence-corrected chi connectivity index (χ0v) is 24.1. The van der Waals surface area contributed by atoms with Gasteiger partial charge >= 0.3 is 0 Å². The van der Waals surface area contributed by atoms with Crippen molar-refractivity contribution in [3.8, 4) is 0 Å². The van der Waals surface area contributed by atoms with Crippen LogP contribution in [0.1, 0.15) is 47.2 Å². The summed E-state index contributed by atoms with van der Waals surface area (Å²) in [4.78, 5) is 54.0. The van der Waals surface area contributed by atoms with Gasteiger partial charge in [0.25, 0.3) is 5.91 Å². The van der Waals surface area contributed by atoms with Crippen molar-refractivity contribution in [2.75, 3.05) is 37.3 Å². The van der Waals surface area contributed by atoms with Crippen molar-refractivity contribution in [1.82, 2.24) is 9.80 Å². The molecule has 4 amide bonds. The highest BCUT2D eigenvalue weighted by molar-refractivity contribution is 5.96.